The molecule has 0 radical (unpaired) electrons. The molecule has 102 valence electrons. The average Bonchev–Trinajstić information content (AvgIpc) is 2.92. The van der Waals surface area contributed by atoms with Crippen LogP contribution in [0, 0.1) is 22.0 Å². The molecule has 0 aliphatic carbocycles. The minimum atomic E-state index is -0.342. The van der Waals surface area contributed by atoms with Gasteiger partial charge in [0.1, 0.15) is 0 Å². The molecule has 2 aliphatic heterocycles. The Morgan fingerprint density at radius 1 is 1.53 bits per heavy atom. The average molecular weight is 262 g/mol. The summed E-state index contributed by atoms with van der Waals surface area (Å²) in [5.41, 5.74) is -0.00342. The van der Waals surface area contributed by atoms with Gasteiger partial charge >= 0.3 is 5.69 Å². The molecule has 1 aromatic heterocycles. The lowest BCUT2D eigenvalue weighted by atomic mass is 9.85. The lowest BCUT2D eigenvalue weighted by Gasteiger charge is -2.36. The number of aromatic nitrogens is 1. The van der Waals surface area contributed by atoms with E-state index in [9.17, 15) is 10.1 Å². The molecule has 19 heavy (non-hydrogen) atoms. The van der Waals surface area contributed by atoms with Crippen LogP contribution in [0.25, 0.3) is 0 Å². The van der Waals surface area contributed by atoms with Crippen molar-refractivity contribution in [1.29, 1.82) is 0 Å². The summed E-state index contributed by atoms with van der Waals surface area (Å²) < 4.78 is 0. The van der Waals surface area contributed by atoms with Gasteiger partial charge in [0, 0.05) is 37.4 Å². The predicted octanol–water partition coefficient (Wildman–Crippen LogP) is 1.42. The standard InChI is InChI=1S/C13H18N4O2/c1-13(2)10-7-14-6-9(10)8-16(13)12-11(17(18)19)4-3-5-15-12/h3-5,9-10,14H,6-8H2,1-2H3. The molecule has 0 spiro atoms. The van der Waals surface area contributed by atoms with Crippen LogP contribution in [0.5, 0.6) is 0 Å². The molecule has 6 heteroatoms. The Morgan fingerprint density at radius 3 is 3.00 bits per heavy atom. The Labute approximate surface area is 112 Å². The van der Waals surface area contributed by atoms with Crippen LogP contribution in [0.4, 0.5) is 11.5 Å². The van der Waals surface area contributed by atoms with Crippen molar-refractivity contribution in [2.24, 2.45) is 11.8 Å². The van der Waals surface area contributed by atoms with Crippen LogP contribution in [0.3, 0.4) is 0 Å². The number of nitrogens with zero attached hydrogens (tertiary/aromatic N) is 3. The minimum Gasteiger partial charge on any atom is -0.345 e. The maximum Gasteiger partial charge on any atom is 0.311 e. The van der Waals surface area contributed by atoms with Crippen LogP contribution in [-0.4, -0.2) is 35.1 Å². The van der Waals surface area contributed by atoms with Gasteiger partial charge in [-0.05, 0) is 31.7 Å². The van der Waals surface area contributed by atoms with Crippen molar-refractivity contribution in [1.82, 2.24) is 10.3 Å². The third kappa shape index (κ3) is 1.78. The zero-order valence-corrected chi connectivity index (χ0v) is 11.2. The van der Waals surface area contributed by atoms with E-state index in [0.29, 0.717) is 17.7 Å². The number of nitrogens with one attached hydrogen (secondary N) is 1. The van der Waals surface area contributed by atoms with Crippen molar-refractivity contribution in [2.45, 2.75) is 19.4 Å². The molecular weight excluding hydrogens is 244 g/mol. The highest BCUT2D eigenvalue weighted by Crippen LogP contribution is 2.44. The van der Waals surface area contributed by atoms with Crippen molar-refractivity contribution < 1.29 is 4.92 Å². The Hall–Kier alpha value is -1.69. The van der Waals surface area contributed by atoms with Gasteiger partial charge in [0.15, 0.2) is 0 Å². The summed E-state index contributed by atoms with van der Waals surface area (Å²) in [5.74, 6) is 1.58. The summed E-state index contributed by atoms with van der Waals surface area (Å²) in [6.45, 7) is 7.12. The Morgan fingerprint density at radius 2 is 2.32 bits per heavy atom. The summed E-state index contributed by atoms with van der Waals surface area (Å²) in [6, 6.07) is 3.15. The number of rotatable bonds is 2. The summed E-state index contributed by atoms with van der Waals surface area (Å²) in [5, 5.41) is 14.6. The first kappa shape index (κ1) is 12.3. The largest absolute Gasteiger partial charge is 0.345 e. The molecule has 6 nitrogen and oxygen atoms in total. The van der Waals surface area contributed by atoms with E-state index in [1.165, 1.54) is 6.07 Å². The number of pyridine rings is 1. The zero-order valence-electron chi connectivity index (χ0n) is 11.2. The third-order valence-electron chi connectivity index (χ3n) is 4.58. The maximum absolute atomic E-state index is 11.2. The normalized spacial score (nSPS) is 28.4. The predicted molar refractivity (Wildman–Crippen MR) is 72.2 cm³/mol. The van der Waals surface area contributed by atoms with E-state index in [0.717, 1.165) is 19.6 Å². The number of hydrogen-bond donors (Lipinski definition) is 1. The van der Waals surface area contributed by atoms with Gasteiger partial charge in [-0.3, -0.25) is 10.1 Å². The van der Waals surface area contributed by atoms with E-state index in [1.807, 2.05) is 0 Å². The fourth-order valence-electron chi connectivity index (χ4n) is 3.52. The highest BCUT2D eigenvalue weighted by molar-refractivity contribution is 5.60. The number of fused-ring (bicyclic) bond motifs is 1. The van der Waals surface area contributed by atoms with Gasteiger partial charge in [-0.15, -0.1) is 0 Å². The number of hydrogen-bond acceptors (Lipinski definition) is 5. The van der Waals surface area contributed by atoms with Gasteiger partial charge in [-0.25, -0.2) is 4.98 Å². The van der Waals surface area contributed by atoms with Gasteiger partial charge in [0.2, 0.25) is 5.82 Å². The maximum atomic E-state index is 11.2. The van der Waals surface area contributed by atoms with Crippen molar-refractivity contribution >= 4 is 11.5 Å². The summed E-state index contributed by atoms with van der Waals surface area (Å²) in [6.07, 6.45) is 1.63. The molecule has 0 saturated carbocycles. The van der Waals surface area contributed by atoms with E-state index in [4.69, 9.17) is 0 Å². The van der Waals surface area contributed by atoms with Gasteiger partial charge < -0.3 is 10.2 Å². The van der Waals surface area contributed by atoms with Crippen molar-refractivity contribution in [3.05, 3.63) is 28.4 Å². The van der Waals surface area contributed by atoms with E-state index in [-0.39, 0.29) is 16.1 Å². The molecule has 2 aliphatic rings. The van der Waals surface area contributed by atoms with Gasteiger partial charge in [0.25, 0.3) is 0 Å². The van der Waals surface area contributed by atoms with E-state index >= 15 is 0 Å². The monoisotopic (exact) mass is 262 g/mol. The van der Waals surface area contributed by atoms with E-state index in [2.05, 4.69) is 29.0 Å². The van der Waals surface area contributed by atoms with Crippen molar-refractivity contribution in [3.8, 4) is 0 Å². The highest BCUT2D eigenvalue weighted by atomic mass is 16.6. The quantitative estimate of drug-likeness (QED) is 0.644. The zero-order chi connectivity index (χ0) is 13.6. The molecule has 0 aromatic carbocycles. The van der Waals surface area contributed by atoms with Gasteiger partial charge in [-0.2, -0.15) is 0 Å². The summed E-state index contributed by atoms with van der Waals surface area (Å²) >= 11 is 0. The second-order valence-electron chi connectivity index (χ2n) is 5.89. The van der Waals surface area contributed by atoms with Crippen LogP contribution in [0.1, 0.15) is 13.8 Å². The molecular formula is C13H18N4O2. The fourth-order valence-corrected chi connectivity index (χ4v) is 3.52. The smallest absolute Gasteiger partial charge is 0.311 e. The Bertz CT molecular complexity index is 517. The second-order valence-corrected chi connectivity index (χ2v) is 5.89. The summed E-state index contributed by atoms with van der Waals surface area (Å²) in [4.78, 5) is 17.2. The van der Waals surface area contributed by atoms with Crippen molar-refractivity contribution in [3.63, 3.8) is 0 Å². The molecule has 2 saturated heterocycles. The number of nitro groups is 1. The first-order valence-corrected chi connectivity index (χ1v) is 6.59. The summed E-state index contributed by atoms with van der Waals surface area (Å²) in [7, 11) is 0. The molecule has 2 fully saturated rings. The molecule has 0 amide bonds. The van der Waals surface area contributed by atoms with E-state index < -0.39 is 0 Å². The molecule has 3 heterocycles. The van der Waals surface area contributed by atoms with Crippen LogP contribution >= 0.6 is 0 Å². The minimum absolute atomic E-state index is 0.100. The van der Waals surface area contributed by atoms with Crippen LogP contribution < -0.4 is 10.2 Å². The SMILES string of the molecule is CC1(C)C2CNCC2CN1c1ncccc1[N+](=O)[O-]. The topological polar surface area (TPSA) is 71.3 Å². The second kappa shape index (κ2) is 4.16. The van der Waals surface area contributed by atoms with E-state index in [1.54, 1.807) is 12.3 Å². The molecule has 2 unspecified atom stereocenters. The van der Waals surface area contributed by atoms with Gasteiger partial charge in [0.05, 0.1) is 4.92 Å². The first-order valence-electron chi connectivity index (χ1n) is 6.59. The molecule has 3 rings (SSSR count). The van der Waals surface area contributed by atoms with Crippen LogP contribution in [0.2, 0.25) is 0 Å². The lowest BCUT2D eigenvalue weighted by Crippen LogP contribution is -2.45. The highest BCUT2D eigenvalue weighted by Gasteiger charge is 2.51. The fraction of sp³-hybridized carbons (Fsp3) is 0.615. The molecule has 0 bridgehead atoms. The molecule has 1 N–H and O–H groups in total. The Balaban J connectivity index is 2.01. The third-order valence-corrected chi connectivity index (χ3v) is 4.58. The number of anilines is 1. The Kier molecular flexibility index (Phi) is 2.70. The van der Waals surface area contributed by atoms with Crippen LogP contribution in [0.15, 0.2) is 18.3 Å². The molecule has 2 atom stereocenters. The first-order chi connectivity index (χ1) is 9.01. The molecule has 1 aromatic rings. The van der Waals surface area contributed by atoms with Gasteiger partial charge in [-0.1, -0.05) is 0 Å². The van der Waals surface area contributed by atoms with Crippen LogP contribution in [-0.2, 0) is 0 Å². The lowest BCUT2D eigenvalue weighted by molar-refractivity contribution is -0.384. The van der Waals surface area contributed by atoms with Crippen molar-refractivity contribution in [2.75, 3.05) is 24.5 Å².